The summed E-state index contributed by atoms with van der Waals surface area (Å²) in [5.74, 6) is 1.09. The molecule has 0 fully saturated rings. The number of benzene rings is 1. The Morgan fingerprint density at radius 2 is 2.24 bits per heavy atom. The normalized spacial score (nSPS) is 14.1. The molecule has 6 heteroatoms. The predicted octanol–water partition coefficient (Wildman–Crippen LogP) is 1.78. The first-order valence-electron chi connectivity index (χ1n) is 6.97. The molecule has 0 amide bonds. The smallest absolute Gasteiger partial charge is 0.258 e. The lowest BCUT2D eigenvalue weighted by Gasteiger charge is -2.18. The fraction of sp³-hybridized carbons (Fsp3) is 0.267. The second kappa shape index (κ2) is 4.82. The van der Waals surface area contributed by atoms with Crippen molar-refractivity contribution >= 4 is 0 Å². The molecule has 6 nitrogen and oxygen atoms in total. The molecule has 0 bridgehead atoms. The number of rotatable bonds is 2. The third-order valence-corrected chi connectivity index (χ3v) is 3.74. The van der Waals surface area contributed by atoms with Crippen molar-refractivity contribution in [3.63, 3.8) is 0 Å². The van der Waals surface area contributed by atoms with Gasteiger partial charge in [0.15, 0.2) is 0 Å². The first-order chi connectivity index (χ1) is 10.3. The summed E-state index contributed by atoms with van der Waals surface area (Å²) >= 11 is 0. The van der Waals surface area contributed by atoms with E-state index in [2.05, 4.69) is 26.6 Å². The number of aromatic nitrogens is 4. The largest absolute Gasteiger partial charge is 0.334 e. The van der Waals surface area contributed by atoms with Crippen LogP contribution in [-0.4, -0.2) is 26.5 Å². The highest BCUT2D eigenvalue weighted by molar-refractivity contribution is 5.63. The van der Waals surface area contributed by atoms with Crippen LogP contribution in [0.3, 0.4) is 0 Å². The Balaban J connectivity index is 1.76. The number of hydrogen-bond donors (Lipinski definition) is 1. The van der Waals surface area contributed by atoms with Crippen LogP contribution in [0.2, 0.25) is 0 Å². The van der Waals surface area contributed by atoms with Crippen molar-refractivity contribution in [2.75, 3.05) is 6.54 Å². The summed E-state index contributed by atoms with van der Waals surface area (Å²) in [5.41, 5.74) is 4.35. The highest BCUT2D eigenvalue weighted by Crippen LogP contribution is 2.28. The molecule has 4 rings (SSSR count). The van der Waals surface area contributed by atoms with E-state index in [4.69, 9.17) is 4.52 Å². The molecule has 0 atom stereocenters. The van der Waals surface area contributed by atoms with Crippen LogP contribution in [0.15, 0.2) is 35.0 Å². The number of nitrogens with one attached hydrogen (secondary N) is 1. The molecule has 2 aromatic heterocycles. The van der Waals surface area contributed by atoms with Crippen LogP contribution in [0.4, 0.5) is 0 Å². The molecule has 21 heavy (non-hydrogen) atoms. The van der Waals surface area contributed by atoms with Gasteiger partial charge in [-0.2, -0.15) is 10.1 Å². The maximum atomic E-state index is 5.45. The van der Waals surface area contributed by atoms with Crippen LogP contribution >= 0.6 is 0 Å². The molecule has 0 radical (unpaired) electrons. The van der Waals surface area contributed by atoms with Gasteiger partial charge in [0.25, 0.3) is 5.89 Å². The summed E-state index contributed by atoms with van der Waals surface area (Å²) in [7, 11) is 1.87. The van der Waals surface area contributed by atoms with Gasteiger partial charge in [0, 0.05) is 25.4 Å². The van der Waals surface area contributed by atoms with Gasteiger partial charge in [-0.25, -0.2) is 0 Å². The van der Waals surface area contributed by atoms with Gasteiger partial charge in [0.2, 0.25) is 5.82 Å². The molecular formula is C15H15N5O. The average molecular weight is 281 g/mol. The average Bonchev–Trinajstić information content (AvgIpc) is 3.15. The Morgan fingerprint density at radius 1 is 1.29 bits per heavy atom. The molecule has 0 saturated carbocycles. The lowest BCUT2D eigenvalue weighted by molar-refractivity contribution is 0.431. The van der Waals surface area contributed by atoms with Gasteiger partial charge in [0.05, 0.1) is 0 Å². The van der Waals surface area contributed by atoms with Crippen molar-refractivity contribution in [3.8, 4) is 23.0 Å². The zero-order valence-electron chi connectivity index (χ0n) is 11.7. The highest BCUT2D eigenvalue weighted by Gasteiger charge is 2.18. The first kappa shape index (κ1) is 12.3. The van der Waals surface area contributed by atoms with Gasteiger partial charge in [-0.05, 0) is 36.2 Å². The lowest BCUT2D eigenvalue weighted by Crippen LogP contribution is -2.24. The van der Waals surface area contributed by atoms with Gasteiger partial charge in [-0.1, -0.05) is 17.3 Å². The Hall–Kier alpha value is -2.47. The standard InChI is InChI=1S/C15H15N5O/c1-20-8-6-13(18-20)14-17-15(21-19-14)12-4-2-3-10-9-16-7-5-11(10)12/h2-4,6,8,16H,5,7,9H2,1H3. The SMILES string of the molecule is Cn1ccc(-c2noc(-c3cccc4c3CCNC4)n2)n1. The van der Waals surface area contributed by atoms with Crippen molar-refractivity contribution in [3.05, 3.63) is 41.6 Å². The third kappa shape index (κ3) is 2.13. The lowest BCUT2D eigenvalue weighted by atomic mass is 9.95. The van der Waals surface area contributed by atoms with Crippen LogP contribution in [0.5, 0.6) is 0 Å². The summed E-state index contributed by atoms with van der Waals surface area (Å²) in [5, 5.41) is 11.7. The minimum Gasteiger partial charge on any atom is -0.334 e. The van der Waals surface area contributed by atoms with E-state index >= 15 is 0 Å². The summed E-state index contributed by atoms with van der Waals surface area (Å²) in [6.07, 6.45) is 2.84. The fourth-order valence-electron chi connectivity index (χ4n) is 2.70. The van der Waals surface area contributed by atoms with E-state index in [1.54, 1.807) is 4.68 Å². The van der Waals surface area contributed by atoms with Gasteiger partial charge in [0.1, 0.15) is 5.69 Å². The first-order valence-corrected chi connectivity index (χ1v) is 6.97. The van der Waals surface area contributed by atoms with Crippen LogP contribution in [0.1, 0.15) is 11.1 Å². The van der Waals surface area contributed by atoms with Crippen LogP contribution in [-0.2, 0) is 20.0 Å². The third-order valence-electron chi connectivity index (χ3n) is 3.74. The highest BCUT2D eigenvalue weighted by atomic mass is 16.5. The monoisotopic (exact) mass is 281 g/mol. The van der Waals surface area contributed by atoms with Crippen molar-refractivity contribution in [1.82, 2.24) is 25.2 Å². The molecule has 0 spiro atoms. The van der Waals surface area contributed by atoms with Gasteiger partial charge in [-0.15, -0.1) is 0 Å². The minimum atomic E-state index is 0.525. The maximum Gasteiger partial charge on any atom is 0.258 e. The van der Waals surface area contributed by atoms with Gasteiger partial charge < -0.3 is 9.84 Å². The Kier molecular flexibility index (Phi) is 2.82. The summed E-state index contributed by atoms with van der Waals surface area (Å²) in [6, 6.07) is 8.09. The quantitative estimate of drug-likeness (QED) is 0.775. The topological polar surface area (TPSA) is 68.8 Å². The van der Waals surface area contributed by atoms with Crippen LogP contribution in [0.25, 0.3) is 23.0 Å². The van der Waals surface area contributed by atoms with Crippen molar-refractivity contribution in [2.45, 2.75) is 13.0 Å². The van der Waals surface area contributed by atoms with E-state index < -0.39 is 0 Å². The number of fused-ring (bicyclic) bond motifs is 1. The number of hydrogen-bond acceptors (Lipinski definition) is 5. The molecule has 1 aliphatic rings. The molecule has 1 aromatic carbocycles. The molecule has 0 unspecified atom stereocenters. The molecule has 3 aromatic rings. The second-order valence-corrected chi connectivity index (χ2v) is 5.17. The summed E-state index contributed by atoms with van der Waals surface area (Å²) < 4.78 is 7.17. The van der Waals surface area contributed by atoms with E-state index in [-0.39, 0.29) is 0 Å². The van der Waals surface area contributed by atoms with Crippen LogP contribution < -0.4 is 5.32 Å². The Labute approximate surface area is 121 Å². The van der Waals surface area contributed by atoms with Crippen LogP contribution in [0, 0.1) is 0 Å². The summed E-state index contributed by atoms with van der Waals surface area (Å²) in [4.78, 5) is 4.50. The zero-order valence-corrected chi connectivity index (χ0v) is 11.7. The second-order valence-electron chi connectivity index (χ2n) is 5.17. The maximum absolute atomic E-state index is 5.45. The van der Waals surface area contributed by atoms with E-state index in [1.807, 2.05) is 31.4 Å². The molecule has 1 N–H and O–H groups in total. The Bertz CT molecular complexity index is 789. The van der Waals surface area contributed by atoms with Crippen molar-refractivity contribution < 1.29 is 4.52 Å². The van der Waals surface area contributed by atoms with Gasteiger partial charge >= 0.3 is 0 Å². The Morgan fingerprint density at radius 3 is 3.10 bits per heavy atom. The van der Waals surface area contributed by atoms with E-state index in [0.717, 1.165) is 30.8 Å². The molecule has 1 aliphatic heterocycles. The molecule has 0 saturated heterocycles. The molecular weight excluding hydrogens is 266 g/mol. The fourth-order valence-corrected chi connectivity index (χ4v) is 2.70. The molecule has 0 aliphatic carbocycles. The zero-order chi connectivity index (χ0) is 14.2. The number of aryl methyl sites for hydroxylation is 1. The predicted molar refractivity (Wildman–Crippen MR) is 77.3 cm³/mol. The summed E-state index contributed by atoms with van der Waals surface area (Å²) in [6.45, 7) is 1.87. The van der Waals surface area contributed by atoms with Crippen molar-refractivity contribution in [2.24, 2.45) is 7.05 Å². The minimum absolute atomic E-state index is 0.525. The molecule has 106 valence electrons. The van der Waals surface area contributed by atoms with E-state index in [0.29, 0.717) is 11.7 Å². The van der Waals surface area contributed by atoms with Gasteiger partial charge in [-0.3, -0.25) is 4.68 Å². The number of nitrogens with zero attached hydrogens (tertiary/aromatic N) is 4. The van der Waals surface area contributed by atoms with E-state index in [9.17, 15) is 0 Å². The molecule has 3 heterocycles. The van der Waals surface area contributed by atoms with E-state index in [1.165, 1.54) is 11.1 Å². The van der Waals surface area contributed by atoms with Crippen molar-refractivity contribution in [1.29, 1.82) is 0 Å².